The SMILES string of the molecule is C=CCOc1cccnc1C(=O)NCC(C)(O)c1ccccc1. The van der Waals surface area contributed by atoms with Crippen molar-refractivity contribution in [2.24, 2.45) is 0 Å². The normalized spacial score (nSPS) is 13.0. The summed E-state index contributed by atoms with van der Waals surface area (Å²) in [4.78, 5) is 16.4. The summed E-state index contributed by atoms with van der Waals surface area (Å²) in [6.07, 6.45) is 3.11. The monoisotopic (exact) mass is 312 g/mol. The van der Waals surface area contributed by atoms with E-state index < -0.39 is 11.5 Å². The predicted molar refractivity (Wildman–Crippen MR) is 88.3 cm³/mol. The summed E-state index contributed by atoms with van der Waals surface area (Å²) < 4.78 is 5.42. The van der Waals surface area contributed by atoms with Gasteiger partial charge in [-0.3, -0.25) is 4.79 Å². The lowest BCUT2D eigenvalue weighted by Gasteiger charge is -2.24. The molecule has 0 aliphatic rings. The lowest BCUT2D eigenvalue weighted by Crippen LogP contribution is -2.39. The first-order valence-corrected chi connectivity index (χ1v) is 7.29. The summed E-state index contributed by atoms with van der Waals surface area (Å²) in [6, 6.07) is 12.5. The zero-order valence-corrected chi connectivity index (χ0v) is 13.0. The molecular formula is C18H20N2O3. The Morgan fingerprint density at radius 2 is 2.09 bits per heavy atom. The molecule has 2 N–H and O–H groups in total. The number of nitrogens with zero attached hydrogens (tertiary/aromatic N) is 1. The highest BCUT2D eigenvalue weighted by molar-refractivity contribution is 5.94. The second-order valence-corrected chi connectivity index (χ2v) is 5.27. The van der Waals surface area contributed by atoms with Crippen molar-refractivity contribution >= 4 is 5.91 Å². The number of carbonyl (C=O) groups excluding carboxylic acids is 1. The molecule has 1 heterocycles. The van der Waals surface area contributed by atoms with E-state index in [1.807, 2.05) is 30.3 Å². The molecule has 0 bridgehead atoms. The molecule has 0 saturated heterocycles. The summed E-state index contributed by atoms with van der Waals surface area (Å²) in [5.41, 5.74) is -0.268. The predicted octanol–water partition coefficient (Wildman–Crippen LogP) is 2.28. The molecule has 0 saturated carbocycles. The molecule has 120 valence electrons. The molecule has 5 nitrogen and oxygen atoms in total. The van der Waals surface area contributed by atoms with Gasteiger partial charge in [-0.1, -0.05) is 43.0 Å². The number of rotatable bonds is 7. The Hall–Kier alpha value is -2.66. The van der Waals surface area contributed by atoms with E-state index in [4.69, 9.17) is 4.74 Å². The molecule has 2 aromatic rings. The number of aromatic nitrogens is 1. The van der Waals surface area contributed by atoms with E-state index in [-0.39, 0.29) is 18.8 Å². The van der Waals surface area contributed by atoms with Crippen molar-refractivity contribution in [3.8, 4) is 5.75 Å². The van der Waals surface area contributed by atoms with Crippen LogP contribution in [-0.2, 0) is 5.60 Å². The molecule has 0 spiro atoms. The lowest BCUT2D eigenvalue weighted by atomic mass is 9.96. The fourth-order valence-corrected chi connectivity index (χ4v) is 2.06. The Morgan fingerprint density at radius 3 is 2.78 bits per heavy atom. The molecule has 2 rings (SSSR count). The average molecular weight is 312 g/mol. The van der Waals surface area contributed by atoms with Crippen LogP contribution in [0.1, 0.15) is 23.0 Å². The lowest BCUT2D eigenvalue weighted by molar-refractivity contribution is 0.0524. The first-order valence-electron chi connectivity index (χ1n) is 7.29. The van der Waals surface area contributed by atoms with Crippen LogP contribution < -0.4 is 10.1 Å². The van der Waals surface area contributed by atoms with E-state index in [1.54, 1.807) is 25.1 Å². The van der Waals surface area contributed by atoms with Gasteiger partial charge in [0, 0.05) is 6.20 Å². The number of hydrogen-bond acceptors (Lipinski definition) is 4. The van der Waals surface area contributed by atoms with Gasteiger partial charge in [-0.05, 0) is 24.6 Å². The number of benzene rings is 1. The molecule has 0 aliphatic carbocycles. The van der Waals surface area contributed by atoms with Crippen LogP contribution in [0.4, 0.5) is 0 Å². The summed E-state index contributed by atoms with van der Waals surface area (Å²) in [6.45, 7) is 5.57. The molecule has 5 heteroatoms. The van der Waals surface area contributed by atoms with E-state index >= 15 is 0 Å². The average Bonchev–Trinajstić information content (AvgIpc) is 2.59. The molecule has 1 atom stereocenters. The van der Waals surface area contributed by atoms with Crippen LogP contribution in [0, 0.1) is 0 Å². The van der Waals surface area contributed by atoms with Crippen molar-refractivity contribution in [2.75, 3.05) is 13.2 Å². The maximum absolute atomic E-state index is 12.3. The topological polar surface area (TPSA) is 71.5 Å². The van der Waals surface area contributed by atoms with Gasteiger partial charge in [-0.25, -0.2) is 4.98 Å². The van der Waals surface area contributed by atoms with Crippen molar-refractivity contribution in [3.05, 3.63) is 72.6 Å². The summed E-state index contributed by atoms with van der Waals surface area (Å²) in [5.74, 6) is -0.0230. The van der Waals surface area contributed by atoms with Crippen molar-refractivity contribution < 1.29 is 14.6 Å². The van der Waals surface area contributed by atoms with Gasteiger partial charge in [0.1, 0.15) is 12.2 Å². The third-order valence-corrected chi connectivity index (χ3v) is 3.33. The van der Waals surface area contributed by atoms with Gasteiger partial charge in [0.2, 0.25) is 0 Å². The minimum Gasteiger partial charge on any atom is -0.487 e. The zero-order chi connectivity index (χ0) is 16.7. The fraction of sp³-hybridized carbons (Fsp3) is 0.222. The van der Waals surface area contributed by atoms with Gasteiger partial charge in [-0.2, -0.15) is 0 Å². The highest BCUT2D eigenvalue weighted by Crippen LogP contribution is 2.20. The van der Waals surface area contributed by atoms with Crippen molar-refractivity contribution in [3.63, 3.8) is 0 Å². The van der Waals surface area contributed by atoms with E-state index in [0.717, 1.165) is 5.56 Å². The minimum atomic E-state index is -1.17. The fourth-order valence-electron chi connectivity index (χ4n) is 2.06. The molecule has 1 aromatic heterocycles. The Bertz CT molecular complexity index is 669. The summed E-state index contributed by atoms with van der Waals surface area (Å²) in [5, 5.41) is 13.2. The first kappa shape index (κ1) is 16.7. The van der Waals surface area contributed by atoms with Crippen LogP contribution in [0.2, 0.25) is 0 Å². The van der Waals surface area contributed by atoms with Crippen LogP contribution in [-0.4, -0.2) is 29.1 Å². The Balaban J connectivity index is 2.06. The van der Waals surface area contributed by atoms with Gasteiger partial charge in [0.15, 0.2) is 11.4 Å². The largest absolute Gasteiger partial charge is 0.487 e. The Labute approximate surface area is 135 Å². The molecule has 0 aliphatic heterocycles. The molecule has 0 fully saturated rings. The Kier molecular flexibility index (Phi) is 5.49. The smallest absolute Gasteiger partial charge is 0.273 e. The summed E-state index contributed by atoms with van der Waals surface area (Å²) >= 11 is 0. The van der Waals surface area contributed by atoms with Gasteiger partial charge < -0.3 is 15.2 Å². The molecule has 1 amide bonds. The number of nitrogens with one attached hydrogen (secondary N) is 1. The molecule has 1 aromatic carbocycles. The van der Waals surface area contributed by atoms with E-state index in [0.29, 0.717) is 5.75 Å². The molecule has 1 unspecified atom stereocenters. The number of amides is 1. The standard InChI is InChI=1S/C18H20N2O3/c1-3-12-23-15-10-7-11-19-16(15)17(21)20-13-18(2,22)14-8-5-4-6-9-14/h3-11,22H,1,12-13H2,2H3,(H,20,21). The molecule has 23 heavy (non-hydrogen) atoms. The zero-order valence-electron chi connectivity index (χ0n) is 13.0. The van der Waals surface area contributed by atoms with Gasteiger partial charge in [0.25, 0.3) is 5.91 Å². The number of ether oxygens (including phenoxy) is 1. The van der Waals surface area contributed by atoms with Gasteiger partial charge in [-0.15, -0.1) is 0 Å². The number of aliphatic hydroxyl groups is 1. The minimum absolute atomic E-state index is 0.0628. The van der Waals surface area contributed by atoms with Crippen LogP contribution in [0.25, 0.3) is 0 Å². The second kappa shape index (κ2) is 7.56. The van der Waals surface area contributed by atoms with E-state index in [9.17, 15) is 9.90 Å². The van der Waals surface area contributed by atoms with Crippen LogP contribution in [0.3, 0.4) is 0 Å². The maximum atomic E-state index is 12.3. The highest BCUT2D eigenvalue weighted by Gasteiger charge is 2.24. The molecule has 0 radical (unpaired) electrons. The maximum Gasteiger partial charge on any atom is 0.273 e. The van der Waals surface area contributed by atoms with Gasteiger partial charge in [0.05, 0.1) is 6.54 Å². The third kappa shape index (κ3) is 4.40. The third-order valence-electron chi connectivity index (χ3n) is 3.33. The van der Waals surface area contributed by atoms with Crippen molar-refractivity contribution in [1.29, 1.82) is 0 Å². The highest BCUT2D eigenvalue weighted by atomic mass is 16.5. The first-order chi connectivity index (χ1) is 11.0. The molecular weight excluding hydrogens is 292 g/mol. The van der Waals surface area contributed by atoms with Gasteiger partial charge >= 0.3 is 0 Å². The number of pyridine rings is 1. The second-order valence-electron chi connectivity index (χ2n) is 5.27. The van der Waals surface area contributed by atoms with E-state index in [1.165, 1.54) is 6.20 Å². The Morgan fingerprint density at radius 1 is 1.35 bits per heavy atom. The number of carbonyl (C=O) groups is 1. The quantitative estimate of drug-likeness (QED) is 0.770. The van der Waals surface area contributed by atoms with Crippen LogP contribution in [0.5, 0.6) is 5.75 Å². The van der Waals surface area contributed by atoms with Crippen molar-refractivity contribution in [1.82, 2.24) is 10.3 Å². The van der Waals surface area contributed by atoms with Crippen LogP contribution >= 0.6 is 0 Å². The number of hydrogen-bond donors (Lipinski definition) is 2. The van der Waals surface area contributed by atoms with Crippen LogP contribution in [0.15, 0.2) is 61.3 Å². The van der Waals surface area contributed by atoms with Crippen molar-refractivity contribution in [2.45, 2.75) is 12.5 Å². The van der Waals surface area contributed by atoms with E-state index in [2.05, 4.69) is 16.9 Å². The summed E-state index contributed by atoms with van der Waals surface area (Å²) in [7, 11) is 0.